The average Bonchev–Trinajstić information content (AvgIpc) is 2.71. The zero-order valence-corrected chi connectivity index (χ0v) is 15.3. The van der Waals surface area contributed by atoms with Gasteiger partial charge in [0.2, 0.25) is 5.91 Å². The third-order valence-corrected chi connectivity index (χ3v) is 4.84. The second-order valence-corrected chi connectivity index (χ2v) is 6.77. The summed E-state index contributed by atoms with van der Waals surface area (Å²) in [7, 11) is 0. The fraction of sp³-hybridized carbons (Fsp3) is 0.136. The van der Waals surface area contributed by atoms with Crippen LogP contribution in [-0.2, 0) is 11.3 Å². The minimum Gasteiger partial charge on any atom is -0.348 e. The van der Waals surface area contributed by atoms with E-state index in [9.17, 15) is 14.4 Å². The number of hydrogen-bond acceptors (Lipinski definition) is 3. The van der Waals surface area contributed by atoms with E-state index in [-0.39, 0.29) is 18.5 Å². The lowest BCUT2D eigenvalue weighted by Crippen LogP contribution is -2.37. The van der Waals surface area contributed by atoms with Crippen molar-refractivity contribution in [3.8, 4) is 0 Å². The molecule has 1 atom stereocenters. The lowest BCUT2D eigenvalue weighted by atomic mass is 10.0. The number of nitrogens with zero attached hydrogens (tertiary/aromatic N) is 1. The molecule has 6 nitrogen and oxygen atoms in total. The van der Waals surface area contributed by atoms with Crippen molar-refractivity contribution in [1.29, 1.82) is 0 Å². The predicted octanol–water partition coefficient (Wildman–Crippen LogP) is 2.72. The van der Waals surface area contributed by atoms with Crippen molar-refractivity contribution in [3.63, 3.8) is 0 Å². The van der Waals surface area contributed by atoms with Crippen molar-refractivity contribution in [2.45, 2.75) is 19.5 Å². The van der Waals surface area contributed by atoms with Crippen LogP contribution in [0.1, 0.15) is 18.5 Å². The van der Waals surface area contributed by atoms with Gasteiger partial charge in [0, 0.05) is 0 Å². The van der Waals surface area contributed by atoms with Crippen LogP contribution in [0.3, 0.4) is 0 Å². The van der Waals surface area contributed by atoms with Crippen LogP contribution in [0.25, 0.3) is 21.5 Å². The summed E-state index contributed by atoms with van der Waals surface area (Å²) in [6, 6.07) is 20.3. The number of benzene rings is 3. The van der Waals surface area contributed by atoms with E-state index < -0.39 is 11.1 Å². The van der Waals surface area contributed by atoms with Gasteiger partial charge in [-0.2, -0.15) is 0 Å². The minimum atomic E-state index is -0.399. The maximum absolute atomic E-state index is 12.5. The Hall–Kier alpha value is -3.67. The molecule has 0 aliphatic carbocycles. The van der Waals surface area contributed by atoms with Crippen LogP contribution < -0.4 is 16.4 Å². The van der Waals surface area contributed by atoms with Crippen LogP contribution in [-0.4, -0.2) is 15.7 Å². The standard InChI is InChI=1S/C22H19N3O3/c1-14(16-11-10-15-6-2-3-7-17(15)12-16)23-20(26)13-25-22(28)19-9-5-4-8-18(19)21(27)24-25/h2-12,14H,13H2,1H3,(H,23,26)(H,24,27). The molecule has 0 spiro atoms. The van der Waals surface area contributed by atoms with E-state index in [1.54, 1.807) is 24.3 Å². The second-order valence-electron chi connectivity index (χ2n) is 6.77. The van der Waals surface area contributed by atoms with Crippen LogP contribution in [0.5, 0.6) is 0 Å². The quantitative estimate of drug-likeness (QED) is 0.577. The van der Waals surface area contributed by atoms with Crippen molar-refractivity contribution < 1.29 is 4.79 Å². The number of carbonyl (C=O) groups excluding carboxylic acids is 1. The van der Waals surface area contributed by atoms with Crippen LogP contribution in [0, 0.1) is 0 Å². The number of aromatic amines is 1. The molecule has 0 radical (unpaired) electrons. The molecule has 140 valence electrons. The van der Waals surface area contributed by atoms with Gasteiger partial charge in [0.25, 0.3) is 11.1 Å². The van der Waals surface area contributed by atoms with Crippen LogP contribution in [0.4, 0.5) is 0 Å². The van der Waals surface area contributed by atoms with Crippen molar-refractivity contribution in [2.75, 3.05) is 0 Å². The maximum Gasteiger partial charge on any atom is 0.273 e. The van der Waals surface area contributed by atoms with Crippen LogP contribution in [0.2, 0.25) is 0 Å². The zero-order valence-electron chi connectivity index (χ0n) is 15.3. The van der Waals surface area contributed by atoms with E-state index in [1.807, 2.05) is 49.4 Å². The first-order chi connectivity index (χ1) is 13.5. The van der Waals surface area contributed by atoms with Gasteiger partial charge in [0.15, 0.2) is 0 Å². The number of amides is 1. The van der Waals surface area contributed by atoms with Gasteiger partial charge >= 0.3 is 0 Å². The summed E-state index contributed by atoms with van der Waals surface area (Å²) in [6.45, 7) is 1.63. The molecule has 4 aromatic rings. The summed E-state index contributed by atoms with van der Waals surface area (Å²) in [4.78, 5) is 37.2. The highest BCUT2D eigenvalue weighted by Gasteiger charge is 2.13. The number of rotatable bonds is 4. The lowest BCUT2D eigenvalue weighted by molar-refractivity contribution is -0.122. The first-order valence-electron chi connectivity index (χ1n) is 9.03. The molecule has 0 aliphatic rings. The van der Waals surface area contributed by atoms with Crippen LogP contribution in [0.15, 0.2) is 76.3 Å². The van der Waals surface area contributed by atoms with Gasteiger partial charge < -0.3 is 5.32 Å². The highest BCUT2D eigenvalue weighted by molar-refractivity contribution is 5.84. The van der Waals surface area contributed by atoms with Gasteiger partial charge in [-0.25, -0.2) is 4.68 Å². The van der Waals surface area contributed by atoms with E-state index in [1.165, 1.54) is 0 Å². The van der Waals surface area contributed by atoms with E-state index in [0.717, 1.165) is 21.0 Å². The minimum absolute atomic E-state index is 0.236. The molecule has 1 heterocycles. The van der Waals surface area contributed by atoms with Crippen molar-refractivity contribution >= 4 is 27.5 Å². The van der Waals surface area contributed by atoms with Crippen molar-refractivity contribution in [1.82, 2.24) is 15.1 Å². The molecule has 3 aromatic carbocycles. The Morgan fingerprint density at radius 1 is 0.964 bits per heavy atom. The van der Waals surface area contributed by atoms with Gasteiger partial charge in [-0.15, -0.1) is 0 Å². The van der Waals surface area contributed by atoms with E-state index in [2.05, 4.69) is 10.4 Å². The lowest BCUT2D eigenvalue weighted by Gasteiger charge is -2.16. The zero-order chi connectivity index (χ0) is 19.7. The second kappa shape index (κ2) is 7.15. The third kappa shape index (κ3) is 3.32. The molecule has 0 saturated heterocycles. The Bertz CT molecular complexity index is 1300. The summed E-state index contributed by atoms with van der Waals surface area (Å²) in [5.41, 5.74) is 0.167. The smallest absolute Gasteiger partial charge is 0.273 e. The highest BCUT2D eigenvalue weighted by atomic mass is 16.2. The average molecular weight is 373 g/mol. The van der Waals surface area contributed by atoms with E-state index in [4.69, 9.17) is 0 Å². The fourth-order valence-corrected chi connectivity index (χ4v) is 3.35. The first-order valence-corrected chi connectivity index (χ1v) is 9.03. The molecule has 4 rings (SSSR count). The monoisotopic (exact) mass is 373 g/mol. The SMILES string of the molecule is CC(NC(=O)Cn1[nH]c(=O)c2ccccc2c1=O)c1ccc2ccccc2c1. The number of aromatic nitrogens is 2. The van der Waals surface area contributed by atoms with Gasteiger partial charge in [0.05, 0.1) is 16.8 Å². The number of carbonyl (C=O) groups is 1. The molecule has 0 aliphatic heterocycles. The molecule has 1 aromatic heterocycles. The number of hydrogen-bond donors (Lipinski definition) is 2. The van der Waals surface area contributed by atoms with Gasteiger partial charge in [-0.05, 0) is 41.5 Å². The molecule has 1 amide bonds. The molecule has 0 bridgehead atoms. The normalized spacial score (nSPS) is 12.2. The van der Waals surface area contributed by atoms with Crippen molar-refractivity contribution in [3.05, 3.63) is 93.0 Å². The largest absolute Gasteiger partial charge is 0.348 e. The Morgan fingerprint density at radius 3 is 2.43 bits per heavy atom. The molecule has 0 fully saturated rings. The summed E-state index contributed by atoms with van der Waals surface area (Å²) < 4.78 is 1.05. The van der Waals surface area contributed by atoms with Crippen LogP contribution >= 0.6 is 0 Å². The van der Waals surface area contributed by atoms with Crippen molar-refractivity contribution in [2.24, 2.45) is 0 Å². The van der Waals surface area contributed by atoms with E-state index in [0.29, 0.717) is 10.8 Å². The Balaban J connectivity index is 1.55. The van der Waals surface area contributed by atoms with Gasteiger partial charge in [-0.1, -0.05) is 48.5 Å². The molecular formula is C22H19N3O3. The Morgan fingerprint density at radius 2 is 1.64 bits per heavy atom. The topological polar surface area (TPSA) is 84.0 Å². The van der Waals surface area contributed by atoms with Gasteiger partial charge in [-0.3, -0.25) is 19.5 Å². The third-order valence-electron chi connectivity index (χ3n) is 4.84. The highest BCUT2D eigenvalue weighted by Crippen LogP contribution is 2.20. The molecule has 6 heteroatoms. The van der Waals surface area contributed by atoms with Gasteiger partial charge in [0.1, 0.15) is 6.54 Å². The fourth-order valence-electron chi connectivity index (χ4n) is 3.35. The first kappa shape index (κ1) is 17.7. The summed E-state index contributed by atoms with van der Waals surface area (Å²) in [5, 5.41) is 8.19. The Kier molecular flexibility index (Phi) is 4.53. The maximum atomic E-state index is 12.5. The summed E-state index contributed by atoms with van der Waals surface area (Å²) in [5.74, 6) is -0.353. The summed E-state index contributed by atoms with van der Waals surface area (Å²) in [6.07, 6.45) is 0. The molecule has 28 heavy (non-hydrogen) atoms. The predicted molar refractivity (Wildman–Crippen MR) is 109 cm³/mol. The molecule has 1 unspecified atom stereocenters. The number of nitrogens with one attached hydrogen (secondary N) is 2. The summed E-state index contributed by atoms with van der Waals surface area (Å²) >= 11 is 0. The molecular weight excluding hydrogens is 354 g/mol. The molecule has 0 saturated carbocycles. The van der Waals surface area contributed by atoms with E-state index >= 15 is 0 Å². The number of fused-ring (bicyclic) bond motifs is 2. The number of H-pyrrole nitrogens is 1. The Labute approximate surface area is 160 Å². The molecule has 2 N–H and O–H groups in total.